The molecule has 0 spiro atoms. The van der Waals surface area contributed by atoms with Crippen LogP contribution in [0.3, 0.4) is 0 Å². The lowest BCUT2D eigenvalue weighted by Crippen LogP contribution is -2.46. The molecular formula is C14H34NO4S+. The molecule has 0 aromatic heterocycles. The second-order valence-corrected chi connectivity index (χ2v) is 6.63. The predicted molar refractivity (Wildman–Crippen MR) is 84.1 cm³/mol. The molecule has 0 aromatic carbocycles. The Kier molecular flexibility index (Phi) is 13.9. The van der Waals surface area contributed by atoms with Crippen LogP contribution in [-0.2, 0) is 14.6 Å². The predicted octanol–water partition coefficient (Wildman–Crippen LogP) is 3.27. The monoisotopic (exact) mass is 312 g/mol. The lowest BCUT2D eigenvalue weighted by molar-refractivity contribution is -0.910. The highest BCUT2D eigenvalue weighted by Gasteiger charge is 2.18. The Balaban J connectivity index is 0. The fourth-order valence-corrected chi connectivity index (χ4v) is 1.95. The Morgan fingerprint density at radius 1 is 0.900 bits per heavy atom. The van der Waals surface area contributed by atoms with Crippen molar-refractivity contribution in [1.82, 2.24) is 0 Å². The first-order chi connectivity index (χ1) is 9.24. The Morgan fingerprint density at radius 3 is 1.30 bits per heavy atom. The van der Waals surface area contributed by atoms with Crippen molar-refractivity contribution >= 4 is 10.4 Å². The number of rotatable bonds is 10. The Hall–Kier alpha value is -0.170. The summed E-state index contributed by atoms with van der Waals surface area (Å²) in [5.41, 5.74) is 0. The number of hydrogen-bond acceptors (Lipinski definition) is 3. The molecule has 0 aliphatic carbocycles. The second kappa shape index (κ2) is 12.6. The molecule has 0 amide bonds. The van der Waals surface area contributed by atoms with Gasteiger partial charge in [0.25, 0.3) is 0 Å². The van der Waals surface area contributed by atoms with Crippen LogP contribution < -0.4 is 0 Å². The van der Waals surface area contributed by atoms with Crippen molar-refractivity contribution in [3.63, 3.8) is 0 Å². The van der Waals surface area contributed by atoms with E-state index in [4.69, 9.17) is 4.55 Å². The minimum atomic E-state index is -4.16. The largest absolute Gasteiger partial charge is 0.397 e. The summed E-state index contributed by atoms with van der Waals surface area (Å²) in [5, 5.41) is 0. The molecule has 5 nitrogen and oxygen atoms in total. The molecule has 0 radical (unpaired) electrons. The van der Waals surface area contributed by atoms with Gasteiger partial charge in [0.15, 0.2) is 0 Å². The molecule has 0 saturated heterocycles. The zero-order valence-corrected chi connectivity index (χ0v) is 14.7. The molecule has 0 bridgehead atoms. The van der Waals surface area contributed by atoms with Crippen LogP contribution in [0.5, 0.6) is 0 Å². The van der Waals surface area contributed by atoms with Crippen LogP contribution in [-0.4, -0.2) is 51.2 Å². The first-order valence-corrected chi connectivity index (χ1v) is 8.97. The van der Waals surface area contributed by atoms with E-state index in [-0.39, 0.29) is 0 Å². The van der Waals surface area contributed by atoms with Crippen LogP contribution in [0.2, 0.25) is 0 Å². The number of quaternary nitrogens is 1. The van der Waals surface area contributed by atoms with Crippen LogP contribution in [0.4, 0.5) is 0 Å². The third kappa shape index (κ3) is 15.9. The van der Waals surface area contributed by atoms with Gasteiger partial charge in [0, 0.05) is 0 Å². The van der Waals surface area contributed by atoms with E-state index in [1.54, 1.807) is 0 Å². The summed E-state index contributed by atoms with van der Waals surface area (Å²) >= 11 is 0. The van der Waals surface area contributed by atoms with Gasteiger partial charge in [-0.1, -0.05) is 40.0 Å². The molecule has 6 heteroatoms. The molecule has 0 aliphatic heterocycles. The number of hydrogen-bond donors (Lipinski definition) is 1. The first-order valence-electron chi connectivity index (χ1n) is 7.61. The maximum atomic E-state index is 9.33. The highest BCUT2D eigenvalue weighted by Crippen LogP contribution is 2.10. The molecule has 0 saturated carbocycles. The average Bonchev–Trinajstić information content (AvgIpc) is 2.41. The molecule has 0 fully saturated rings. The number of nitrogens with zero attached hydrogens (tertiary/aromatic N) is 1. The fraction of sp³-hybridized carbons (Fsp3) is 1.00. The summed E-state index contributed by atoms with van der Waals surface area (Å²) in [6.45, 7) is 11.0. The second-order valence-electron chi connectivity index (χ2n) is 5.45. The smallest absolute Gasteiger partial charge is 0.326 e. The molecule has 0 atom stereocenters. The van der Waals surface area contributed by atoms with E-state index >= 15 is 0 Å². The molecule has 0 aromatic rings. The van der Waals surface area contributed by atoms with Gasteiger partial charge < -0.3 is 4.48 Å². The molecule has 0 heterocycles. The maximum Gasteiger partial charge on any atom is 0.397 e. The van der Waals surface area contributed by atoms with Gasteiger partial charge in [-0.2, -0.15) is 8.42 Å². The summed E-state index contributed by atoms with van der Waals surface area (Å²) in [7, 11) is -0.846. The van der Waals surface area contributed by atoms with Gasteiger partial charge in [-0.25, -0.2) is 0 Å². The Morgan fingerprint density at radius 2 is 1.15 bits per heavy atom. The van der Waals surface area contributed by atoms with E-state index in [2.05, 4.69) is 32.0 Å². The highest BCUT2D eigenvalue weighted by atomic mass is 32.3. The normalized spacial score (nSPS) is 11.9. The quantitative estimate of drug-likeness (QED) is 0.497. The summed E-state index contributed by atoms with van der Waals surface area (Å²) in [6, 6.07) is 0. The summed E-state index contributed by atoms with van der Waals surface area (Å²) in [6.07, 6.45) is 8.20. The zero-order valence-electron chi connectivity index (χ0n) is 13.9. The third-order valence-electron chi connectivity index (χ3n) is 3.37. The Labute approximate surface area is 125 Å². The van der Waals surface area contributed by atoms with Crippen molar-refractivity contribution in [2.75, 3.05) is 33.8 Å². The van der Waals surface area contributed by atoms with Gasteiger partial charge >= 0.3 is 10.4 Å². The van der Waals surface area contributed by atoms with Crippen LogP contribution in [0, 0.1) is 0 Å². The van der Waals surface area contributed by atoms with Crippen molar-refractivity contribution < 1.29 is 21.6 Å². The minimum Gasteiger partial charge on any atom is -0.326 e. The van der Waals surface area contributed by atoms with Gasteiger partial charge in [0.2, 0.25) is 0 Å². The minimum absolute atomic E-state index is 0.870. The van der Waals surface area contributed by atoms with Crippen LogP contribution >= 0.6 is 0 Å². The first kappa shape index (κ1) is 22.1. The highest BCUT2D eigenvalue weighted by molar-refractivity contribution is 7.80. The molecule has 0 aliphatic rings. The maximum absolute atomic E-state index is 9.33. The van der Waals surface area contributed by atoms with Crippen LogP contribution in [0.1, 0.15) is 59.3 Å². The average molecular weight is 312 g/mol. The van der Waals surface area contributed by atoms with Crippen molar-refractivity contribution in [2.45, 2.75) is 59.3 Å². The lowest BCUT2D eigenvalue weighted by Gasteiger charge is -2.34. The van der Waals surface area contributed by atoms with E-state index in [0.717, 1.165) is 7.11 Å². The van der Waals surface area contributed by atoms with E-state index < -0.39 is 10.4 Å². The SMILES string of the molecule is CCCC[N+](C)(CCCC)CCCC.COS(=O)(=O)O. The van der Waals surface area contributed by atoms with Crippen LogP contribution in [0.25, 0.3) is 0 Å². The van der Waals surface area contributed by atoms with Gasteiger partial charge in [0.05, 0.1) is 33.8 Å². The van der Waals surface area contributed by atoms with Gasteiger partial charge in [-0.3, -0.25) is 8.74 Å². The van der Waals surface area contributed by atoms with E-state index in [9.17, 15) is 8.42 Å². The standard InChI is InChI=1S/C13H30N.CH4O4S/c1-5-8-11-14(4,12-9-6-2)13-10-7-3;1-5-6(2,3)4/h5-13H2,1-4H3;1H3,(H,2,3,4)/q+1;. The zero-order chi connectivity index (χ0) is 16.1. The molecule has 0 rings (SSSR count). The van der Waals surface area contributed by atoms with Gasteiger partial charge in [0.1, 0.15) is 0 Å². The summed E-state index contributed by atoms with van der Waals surface area (Å²) < 4.78 is 31.0. The van der Waals surface area contributed by atoms with E-state index in [0.29, 0.717) is 0 Å². The van der Waals surface area contributed by atoms with Crippen LogP contribution in [0.15, 0.2) is 0 Å². The topological polar surface area (TPSA) is 63.6 Å². The Bertz CT molecular complexity index is 283. The molecule has 20 heavy (non-hydrogen) atoms. The molecule has 0 unspecified atom stereocenters. The lowest BCUT2D eigenvalue weighted by atomic mass is 10.2. The van der Waals surface area contributed by atoms with E-state index in [1.807, 2.05) is 0 Å². The molecule has 1 N–H and O–H groups in total. The van der Waals surface area contributed by atoms with Crippen molar-refractivity contribution in [3.8, 4) is 0 Å². The number of unbranched alkanes of at least 4 members (excludes halogenated alkanes) is 3. The van der Waals surface area contributed by atoms with Gasteiger partial charge in [-0.05, 0) is 19.3 Å². The molecular weight excluding hydrogens is 278 g/mol. The van der Waals surface area contributed by atoms with E-state index in [1.165, 1.54) is 62.6 Å². The van der Waals surface area contributed by atoms with Crippen molar-refractivity contribution in [3.05, 3.63) is 0 Å². The summed E-state index contributed by atoms with van der Waals surface area (Å²) in [4.78, 5) is 0. The van der Waals surface area contributed by atoms with Gasteiger partial charge in [-0.15, -0.1) is 0 Å². The van der Waals surface area contributed by atoms with Crippen molar-refractivity contribution in [1.29, 1.82) is 0 Å². The van der Waals surface area contributed by atoms with Crippen molar-refractivity contribution in [2.24, 2.45) is 0 Å². The third-order valence-corrected chi connectivity index (χ3v) is 3.79. The summed E-state index contributed by atoms with van der Waals surface area (Å²) in [5.74, 6) is 0. The fourth-order valence-electron chi connectivity index (χ4n) is 1.95. The molecule has 124 valence electrons.